The Hall–Kier alpha value is -4.31. The predicted octanol–water partition coefficient (Wildman–Crippen LogP) is 15.9. The van der Waals surface area contributed by atoms with E-state index < -0.39 is 8.07 Å². The van der Waals surface area contributed by atoms with Crippen LogP contribution in [0, 0.1) is 6.92 Å². The Kier molecular flexibility index (Phi) is 12.6. The zero-order valence-electron chi connectivity index (χ0n) is 45.7. The van der Waals surface area contributed by atoms with E-state index in [0.717, 1.165) is 5.69 Å². The normalized spacial score (nSPS) is 13.8. The molecule has 0 bridgehead atoms. The van der Waals surface area contributed by atoms with Crippen LogP contribution in [0.5, 0.6) is 0 Å². The summed E-state index contributed by atoms with van der Waals surface area (Å²) in [5, 5.41) is 8.28. The molecule has 7 rings (SSSR count). The minimum atomic E-state index is -3.31. The number of hydrogen-bond donors (Lipinski definition) is 0. The number of aryl methyl sites for hydroxylation is 1. The summed E-state index contributed by atoms with van der Waals surface area (Å²) in [6.45, 7) is 52.6. The molecule has 67 heavy (non-hydrogen) atoms. The van der Waals surface area contributed by atoms with Crippen LogP contribution in [-0.2, 0) is 37.9 Å². The van der Waals surface area contributed by atoms with E-state index in [1.165, 1.54) is 91.0 Å². The molecule has 0 amide bonds. The smallest absolute Gasteiger partial charge is 0.191 e. The van der Waals surface area contributed by atoms with Gasteiger partial charge in [0, 0.05) is 16.3 Å². The van der Waals surface area contributed by atoms with Crippen LogP contribution in [0.15, 0.2) is 103 Å². The van der Waals surface area contributed by atoms with Gasteiger partial charge in [0.2, 0.25) is 0 Å². The van der Waals surface area contributed by atoms with Crippen LogP contribution in [0.3, 0.4) is 0 Å². The summed E-state index contributed by atoms with van der Waals surface area (Å²) in [5.41, 5.74) is 12.9. The summed E-state index contributed by atoms with van der Waals surface area (Å²) < 4.78 is 2.77. The first-order valence-electron chi connectivity index (χ1n) is 24.9. The highest BCUT2D eigenvalue weighted by atomic mass is 32.1. The monoisotopic (exact) mass is 926 g/mol. The number of rotatable bonds is 5. The third-order valence-electron chi connectivity index (χ3n) is 14.4. The van der Waals surface area contributed by atoms with Crippen LogP contribution < -0.4 is 20.1 Å². The molecule has 0 saturated carbocycles. The number of nitrogens with zero attached hydrogens (tertiary/aromatic N) is 1. The maximum absolute atomic E-state index is 5.37. The lowest BCUT2D eigenvalue weighted by atomic mass is 9.80. The highest BCUT2D eigenvalue weighted by Crippen LogP contribution is 2.41. The van der Waals surface area contributed by atoms with Crippen molar-refractivity contribution in [2.45, 2.75) is 190 Å². The molecule has 1 nitrogen and oxygen atoms in total. The third-order valence-corrected chi connectivity index (χ3v) is 21.3. The van der Waals surface area contributed by atoms with E-state index >= 15 is 0 Å². The Morgan fingerprint density at radius 2 is 0.776 bits per heavy atom. The van der Waals surface area contributed by atoms with Gasteiger partial charge in [-0.2, -0.15) is 0 Å². The summed E-state index contributed by atoms with van der Waals surface area (Å²) >= 11 is 2.03. The zero-order valence-corrected chi connectivity index (χ0v) is 47.5. The molecule has 0 unspecified atom stereocenters. The molecule has 0 fully saturated rings. The molecule has 0 N–H and O–H groups in total. The largest absolute Gasteiger partial charge is 0.255 e. The van der Waals surface area contributed by atoms with E-state index in [-0.39, 0.29) is 37.9 Å². The van der Waals surface area contributed by atoms with Gasteiger partial charge in [-0.25, -0.2) is 0 Å². The SMILES string of the molecule is Cc1c([Si](c2cc(C(C)(C)C)cc(C(C)(C)C)c2)(c2cc(C(C)(C)C)cc(C(C)(C)C)c2)c2cc(C(C)(C)C)cc(C(C)(C)C)c2)sc2c(-c3cc(C(C)(C)C)c4ccccc4c3)nccc12. The summed E-state index contributed by atoms with van der Waals surface area (Å²) in [7, 11) is -3.31. The van der Waals surface area contributed by atoms with Crippen molar-refractivity contribution in [1.82, 2.24) is 4.98 Å². The Balaban J connectivity index is 1.81. The van der Waals surface area contributed by atoms with Crippen molar-refractivity contribution in [2.24, 2.45) is 0 Å². The molecule has 2 heterocycles. The van der Waals surface area contributed by atoms with Crippen LogP contribution in [0.4, 0.5) is 0 Å². The van der Waals surface area contributed by atoms with Crippen molar-refractivity contribution in [3.8, 4) is 11.3 Å². The lowest BCUT2D eigenvalue weighted by molar-refractivity contribution is 0.569. The number of thiophene rings is 1. The third kappa shape index (κ3) is 9.68. The molecular weight excluding hydrogens is 843 g/mol. The summed E-state index contributed by atoms with van der Waals surface area (Å²) in [4.78, 5) is 5.37. The topological polar surface area (TPSA) is 12.9 Å². The maximum Gasteiger partial charge on any atom is 0.191 e. The van der Waals surface area contributed by atoms with Crippen molar-refractivity contribution >= 4 is 60.3 Å². The molecule has 3 heteroatoms. The first-order valence-corrected chi connectivity index (χ1v) is 27.8. The minimum Gasteiger partial charge on any atom is -0.255 e. The van der Waals surface area contributed by atoms with Crippen molar-refractivity contribution in [3.63, 3.8) is 0 Å². The van der Waals surface area contributed by atoms with E-state index in [9.17, 15) is 0 Å². The molecule has 2 aromatic heterocycles. The quantitative estimate of drug-likeness (QED) is 0.124. The Morgan fingerprint density at radius 1 is 0.403 bits per heavy atom. The molecule has 0 spiro atoms. The van der Waals surface area contributed by atoms with Crippen molar-refractivity contribution < 1.29 is 0 Å². The fourth-order valence-corrected chi connectivity index (χ4v) is 17.6. The van der Waals surface area contributed by atoms with Gasteiger partial charge in [-0.3, -0.25) is 4.98 Å². The predicted molar refractivity (Wildman–Crippen MR) is 302 cm³/mol. The summed E-state index contributed by atoms with van der Waals surface area (Å²) in [6.07, 6.45) is 2.07. The number of hydrogen-bond acceptors (Lipinski definition) is 2. The lowest BCUT2D eigenvalue weighted by Crippen LogP contribution is -2.75. The first kappa shape index (κ1) is 50.6. The first-order chi connectivity index (χ1) is 30.5. The molecule has 0 aliphatic rings. The molecule has 0 radical (unpaired) electrons. The van der Waals surface area contributed by atoms with Gasteiger partial charge in [0.1, 0.15) is 0 Å². The Labute approximate surface area is 412 Å². The Morgan fingerprint density at radius 3 is 1.13 bits per heavy atom. The van der Waals surface area contributed by atoms with Gasteiger partial charge in [-0.15, -0.1) is 11.3 Å². The molecule has 0 aliphatic heterocycles. The van der Waals surface area contributed by atoms with E-state index in [1.807, 2.05) is 11.3 Å². The number of pyridine rings is 1. The van der Waals surface area contributed by atoms with E-state index in [0.29, 0.717) is 0 Å². The van der Waals surface area contributed by atoms with Crippen LogP contribution in [0.25, 0.3) is 32.1 Å². The van der Waals surface area contributed by atoms with Crippen molar-refractivity contribution in [1.29, 1.82) is 0 Å². The molecule has 7 aromatic rings. The van der Waals surface area contributed by atoms with Gasteiger partial charge >= 0.3 is 0 Å². The van der Waals surface area contributed by atoms with Gasteiger partial charge in [0.15, 0.2) is 8.07 Å². The summed E-state index contributed by atoms with van der Waals surface area (Å²) in [6, 6.07) is 39.6. The second-order valence-corrected chi connectivity index (χ2v) is 32.3. The van der Waals surface area contributed by atoms with Crippen molar-refractivity contribution in [3.05, 3.63) is 148 Å². The minimum absolute atomic E-state index is 0.0450. The standard InChI is InChI=1S/C64H83NSSi/c1-40-52-27-28-65-55(42-29-41-25-23-24-26-53(41)54(30-42)64(20,21)22)56(52)66-57(40)67(49-34-43(58(2,3)4)31-44(35-49)59(5,6)7,50-36-45(60(8,9)10)32-46(37-50)61(11,12)13)51-38-47(62(14,15)16)33-48(39-51)63(17,18)19/h23-39H,1-22H3. The van der Waals surface area contributed by atoms with E-state index in [4.69, 9.17) is 4.98 Å². The molecule has 5 aromatic carbocycles. The highest BCUT2D eigenvalue weighted by Gasteiger charge is 2.47. The van der Waals surface area contributed by atoms with Gasteiger partial charge in [-0.05, 0) is 139 Å². The fourth-order valence-electron chi connectivity index (χ4n) is 9.80. The lowest BCUT2D eigenvalue weighted by Gasteiger charge is -2.39. The van der Waals surface area contributed by atoms with Gasteiger partial charge in [-0.1, -0.05) is 224 Å². The average Bonchev–Trinajstić information content (AvgIpc) is 3.54. The average molecular weight is 927 g/mol. The van der Waals surface area contributed by atoms with Crippen LogP contribution >= 0.6 is 11.3 Å². The highest BCUT2D eigenvalue weighted by molar-refractivity contribution is 7.40. The molecular formula is C64H83NSSi. The Bertz CT molecular complexity index is 2720. The molecule has 0 atom stereocenters. The zero-order chi connectivity index (χ0) is 49.8. The second-order valence-electron chi connectivity index (χ2n) is 27.2. The van der Waals surface area contributed by atoms with E-state index in [1.54, 1.807) is 0 Å². The molecule has 0 saturated heterocycles. The number of benzene rings is 5. The number of aromatic nitrogens is 1. The molecule has 354 valence electrons. The van der Waals surface area contributed by atoms with Crippen molar-refractivity contribution in [2.75, 3.05) is 0 Å². The fraction of sp³-hybridized carbons (Fsp3) is 0.453. The van der Waals surface area contributed by atoms with Crippen LogP contribution in [0.2, 0.25) is 0 Å². The van der Waals surface area contributed by atoms with Gasteiger partial charge < -0.3 is 0 Å². The number of fused-ring (bicyclic) bond motifs is 2. The second kappa shape index (κ2) is 16.7. The maximum atomic E-state index is 5.37. The van der Waals surface area contributed by atoms with Crippen LogP contribution in [-0.4, -0.2) is 13.1 Å². The van der Waals surface area contributed by atoms with Gasteiger partial charge in [0.05, 0.1) is 10.4 Å². The summed E-state index contributed by atoms with van der Waals surface area (Å²) in [5.74, 6) is 0. The molecule has 0 aliphatic carbocycles. The van der Waals surface area contributed by atoms with E-state index in [2.05, 4.69) is 256 Å². The van der Waals surface area contributed by atoms with Gasteiger partial charge in [0.25, 0.3) is 0 Å². The van der Waals surface area contributed by atoms with Crippen LogP contribution in [0.1, 0.15) is 190 Å².